The summed E-state index contributed by atoms with van der Waals surface area (Å²) in [5.41, 5.74) is 3.38. The third-order valence-corrected chi connectivity index (χ3v) is 4.58. The largest absolute Gasteiger partial charge is 0.494 e. The third-order valence-electron chi connectivity index (χ3n) is 4.58. The van der Waals surface area contributed by atoms with E-state index in [-0.39, 0.29) is 12.4 Å². The van der Waals surface area contributed by atoms with Gasteiger partial charge in [0.05, 0.1) is 60.7 Å². The van der Waals surface area contributed by atoms with E-state index in [1.165, 1.54) is 11.8 Å². The van der Waals surface area contributed by atoms with Crippen molar-refractivity contribution < 1.29 is 14.6 Å². The number of fused-ring (bicyclic) bond motifs is 1. The molecule has 0 saturated heterocycles. The molecule has 0 aliphatic rings. The Morgan fingerprint density at radius 3 is 2.69 bits per heavy atom. The van der Waals surface area contributed by atoms with Gasteiger partial charge >= 0.3 is 0 Å². The molecule has 9 nitrogen and oxygen atoms in total. The van der Waals surface area contributed by atoms with Crippen LogP contribution < -0.4 is 9.47 Å². The highest BCUT2D eigenvalue weighted by Gasteiger charge is 2.17. The molecule has 0 saturated carbocycles. The van der Waals surface area contributed by atoms with Crippen molar-refractivity contribution in [2.45, 2.75) is 13.5 Å². The molecule has 0 aliphatic carbocycles. The Morgan fingerprint density at radius 2 is 1.97 bits per heavy atom. The molecule has 0 spiro atoms. The normalized spacial score (nSPS) is 10.8. The number of rotatable bonds is 5. The summed E-state index contributed by atoms with van der Waals surface area (Å²) in [7, 11) is 3.08. The van der Waals surface area contributed by atoms with E-state index in [1.807, 2.05) is 19.1 Å². The van der Waals surface area contributed by atoms with Crippen LogP contribution in [0.2, 0.25) is 0 Å². The average Bonchev–Trinajstić information content (AvgIpc) is 3.32. The van der Waals surface area contributed by atoms with Gasteiger partial charge in [-0.15, -0.1) is 0 Å². The fourth-order valence-electron chi connectivity index (χ4n) is 3.22. The molecule has 146 valence electrons. The summed E-state index contributed by atoms with van der Waals surface area (Å²) in [4.78, 5) is 9.14. The van der Waals surface area contributed by atoms with Gasteiger partial charge in [0, 0.05) is 6.20 Å². The highest BCUT2D eigenvalue weighted by atomic mass is 16.5. The molecular formula is C20H18N6O3. The second kappa shape index (κ2) is 7.16. The van der Waals surface area contributed by atoms with Gasteiger partial charge in [0.15, 0.2) is 5.75 Å². The second-order valence-electron chi connectivity index (χ2n) is 6.37. The first kappa shape index (κ1) is 18.3. The lowest BCUT2D eigenvalue weighted by atomic mass is 10.1. The van der Waals surface area contributed by atoms with Crippen molar-refractivity contribution in [2.75, 3.05) is 14.2 Å². The van der Waals surface area contributed by atoms with Crippen molar-refractivity contribution in [3.8, 4) is 40.7 Å². The van der Waals surface area contributed by atoms with Gasteiger partial charge < -0.3 is 14.6 Å². The molecule has 4 aromatic heterocycles. The van der Waals surface area contributed by atoms with Crippen LogP contribution in [0.5, 0.6) is 17.5 Å². The number of nitriles is 1. The quantitative estimate of drug-likeness (QED) is 0.558. The number of hydrogen-bond donors (Lipinski definition) is 1. The van der Waals surface area contributed by atoms with Crippen molar-refractivity contribution in [1.82, 2.24) is 24.3 Å². The first-order valence-corrected chi connectivity index (χ1v) is 8.76. The second-order valence-corrected chi connectivity index (χ2v) is 6.37. The van der Waals surface area contributed by atoms with E-state index in [1.54, 1.807) is 42.4 Å². The minimum absolute atomic E-state index is 0.0633. The van der Waals surface area contributed by atoms with E-state index in [9.17, 15) is 5.11 Å². The smallest absolute Gasteiger partial charge is 0.257 e. The van der Waals surface area contributed by atoms with Crippen LogP contribution in [0.25, 0.3) is 28.0 Å². The summed E-state index contributed by atoms with van der Waals surface area (Å²) >= 11 is 0. The molecule has 9 heteroatoms. The molecule has 0 atom stereocenters. The lowest BCUT2D eigenvalue weighted by molar-refractivity contribution is 0.343. The maximum Gasteiger partial charge on any atom is 0.257 e. The van der Waals surface area contributed by atoms with Gasteiger partial charge in [-0.1, -0.05) is 0 Å². The van der Waals surface area contributed by atoms with Crippen molar-refractivity contribution in [3.63, 3.8) is 0 Å². The van der Waals surface area contributed by atoms with Crippen LogP contribution in [0, 0.1) is 18.3 Å². The fraction of sp³-hybridized carbons (Fsp3) is 0.200. The topological polar surface area (TPSA) is 111 Å². The number of pyridine rings is 2. The molecule has 0 amide bonds. The first-order valence-electron chi connectivity index (χ1n) is 8.76. The zero-order valence-corrected chi connectivity index (χ0v) is 16.1. The predicted octanol–water partition coefficient (Wildman–Crippen LogP) is 2.84. The maximum absolute atomic E-state index is 10.7. The predicted molar refractivity (Wildman–Crippen MR) is 105 cm³/mol. The van der Waals surface area contributed by atoms with Gasteiger partial charge in [-0.05, 0) is 30.7 Å². The number of aromatic hydroxyl groups is 1. The summed E-state index contributed by atoms with van der Waals surface area (Å²) in [6.45, 7) is 2.03. The van der Waals surface area contributed by atoms with Crippen LogP contribution in [-0.2, 0) is 6.54 Å². The Bertz CT molecular complexity index is 1250. The number of aromatic nitrogens is 5. The Morgan fingerprint density at radius 1 is 1.14 bits per heavy atom. The van der Waals surface area contributed by atoms with Crippen LogP contribution in [0.4, 0.5) is 0 Å². The number of nitrogens with zero attached hydrogens (tertiary/aromatic N) is 6. The molecule has 1 N–H and O–H groups in total. The molecule has 4 rings (SSSR count). The van der Waals surface area contributed by atoms with E-state index in [2.05, 4.69) is 15.1 Å². The van der Waals surface area contributed by atoms with Crippen molar-refractivity contribution >= 4 is 10.9 Å². The molecule has 4 aromatic rings. The zero-order chi connectivity index (χ0) is 20.5. The standard InChI is InChI=1S/C20H18N6O3/c1-12-8-15(14-4-5-17(28-2)19(24-14)29-3)23-16-11-26(20(27)18(12)16)13-9-22-25(10-13)7-6-21/h4-5,8-11,27H,7H2,1-3H3. The lowest BCUT2D eigenvalue weighted by Crippen LogP contribution is -1.96. The van der Waals surface area contributed by atoms with Crippen LogP contribution in [0.3, 0.4) is 0 Å². The highest BCUT2D eigenvalue weighted by molar-refractivity contribution is 5.90. The Hall–Kier alpha value is -4.06. The molecule has 0 bridgehead atoms. The summed E-state index contributed by atoms with van der Waals surface area (Å²) < 4.78 is 13.6. The van der Waals surface area contributed by atoms with Crippen LogP contribution >= 0.6 is 0 Å². The fourth-order valence-corrected chi connectivity index (χ4v) is 3.22. The highest BCUT2D eigenvalue weighted by Crippen LogP contribution is 2.34. The zero-order valence-electron chi connectivity index (χ0n) is 16.1. The first-order chi connectivity index (χ1) is 14.0. The number of aryl methyl sites for hydroxylation is 1. The van der Waals surface area contributed by atoms with Gasteiger partial charge in [-0.25, -0.2) is 9.97 Å². The van der Waals surface area contributed by atoms with Gasteiger partial charge in [-0.2, -0.15) is 10.4 Å². The van der Waals surface area contributed by atoms with E-state index >= 15 is 0 Å². The molecule has 0 radical (unpaired) electrons. The summed E-state index contributed by atoms with van der Waals surface area (Å²) in [6, 6.07) is 7.47. The van der Waals surface area contributed by atoms with E-state index < -0.39 is 0 Å². The van der Waals surface area contributed by atoms with E-state index in [0.717, 1.165) is 5.56 Å². The maximum atomic E-state index is 10.7. The van der Waals surface area contributed by atoms with E-state index in [0.29, 0.717) is 39.6 Å². The van der Waals surface area contributed by atoms with Crippen LogP contribution in [0.15, 0.2) is 36.8 Å². The van der Waals surface area contributed by atoms with Crippen molar-refractivity contribution in [2.24, 2.45) is 0 Å². The van der Waals surface area contributed by atoms with Gasteiger partial charge in [0.1, 0.15) is 6.54 Å². The van der Waals surface area contributed by atoms with Crippen LogP contribution in [-0.4, -0.2) is 43.6 Å². The molecule has 0 aliphatic heterocycles. The number of hydrogen-bond acceptors (Lipinski definition) is 7. The minimum atomic E-state index is 0.0633. The average molecular weight is 390 g/mol. The van der Waals surface area contributed by atoms with Gasteiger partial charge in [0.2, 0.25) is 5.88 Å². The van der Waals surface area contributed by atoms with E-state index in [4.69, 9.17) is 14.7 Å². The SMILES string of the molecule is COc1ccc(-c2cc(C)c3c(O)n(-c4cnn(CC#N)c4)cc3n2)nc1OC. The molecule has 0 aromatic carbocycles. The number of methoxy groups -OCH3 is 2. The summed E-state index contributed by atoms with van der Waals surface area (Å²) in [5.74, 6) is 0.968. The summed E-state index contributed by atoms with van der Waals surface area (Å²) in [5, 5.41) is 24.3. The Balaban J connectivity index is 1.82. The van der Waals surface area contributed by atoms with Gasteiger partial charge in [0.25, 0.3) is 5.88 Å². The minimum Gasteiger partial charge on any atom is -0.494 e. The van der Waals surface area contributed by atoms with Crippen molar-refractivity contribution in [1.29, 1.82) is 5.26 Å². The Labute approximate surface area is 166 Å². The molecule has 0 unspecified atom stereocenters. The third kappa shape index (κ3) is 3.10. The molecule has 29 heavy (non-hydrogen) atoms. The summed E-state index contributed by atoms with van der Waals surface area (Å²) in [6.07, 6.45) is 5.01. The Kier molecular flexibility index (Phi) is 4.52. The van der Waals surface area contributed by atoms with Crippen molar-refractivity contribution in [3.05, 3.63) is 42.4 Å². The molecule has 4 heterocycles. The molecular weight excluding hydrogens is 372 g/mol. The molecule has 0 fully saturated rings. The van der Waals surface area contributed by atoms with Gasteiger partial charge in [-0.3, -0.25) is 9.25 Å². The monoisotopic (exact) mass is 390 g/mol. The number of ether oxygens (including phenoxy) is 2. The van der Waals surface area contributed by atoms with Crippen LogP contribution in [0.1, 0.15) is 5.56 Å². The lowest BCUT2D eigenvalue weighted by Gasteiger charge is -2.09.